The van der Waals surface area contributed by atoms with E-state index in [4.69, 9.17) is 5.11 Å². The molecule has 0 bridgehead atoms. The largest absolute Gasteiger partial charge is 0.481 e. The molecule has 0 aromatic carbocycles. The Labute approximate surface area is 122 Å². The maximum absolute atomic E-state index is 12.5. The molecule has 0 heterocycles. The summed E-state index contributed by atoms with van der Waals surface area (Å²) in [5, 5.41) is 12.1. The average molecular weight is 283 g/mol. The number of rotatable bonds is 5. The first-order valence-corrected chi connectivity index (χ1v) is 7.89. The fourth-order valence-corrected chi connectivity index (χ4v) is 2.81. The molecule has 4 nitrogen and oxygen atoms in total. The summed E-state index contributed by atoms with van der Waals surface area (Å²) in [6.45, 7) is 5.76. The summed E-state index contributed by atoms with van der Waals surface area (Å²) >= 11 is 0. The van der Waals surface area contributed by atoms with Crippen LogP contribution in [0.15, 0.2) is 0 Å². The molecule has 1 aliphatic rings. The molecular formula is C16H29NO3. The molecule has 0 radical (unpaired) electrons. The van der Waals surface area contributed by atoms with Crippen LogP contribution in [0.25, 0.3) is 0 Å². The van der Waals surface area contributed by atoms with Crippen LogP contribution < -0.4 is 5.32 Å². The Bertz CT molecular complexity index is 333. The van der Waals surface area contributed by atoms with E-state index in [2.05, 4.69) is 5.32 Å². The lowest BCUT2D eigenvalue weighted by molar-refractivity contribution is -0.140. The summed E-state index contributed by atoms with van der Waals surface area (Å²) in [4.78, 5) is 23.5. The molecule has 1 amide bonds. The zero-order chi connectivity index (χ0) is 15.2. The van der Waals surface area contributed by atoms with Crippen LogP contribution in [-0.4, -0.2) is 22.5 Å². The lowest BCUT2D eigenvalue weighted by Crippen LogP contribution is -2.53. The van der Waals surface area contributed by atoms with Crippen LogP contribution in [-0.2, 0) is 9.59 Å². The SMILES string of the molecule is CC(C)C(C)(CC(=O)O)NC(=O)C1CCCCCCC1. The minimum absolute atomic E-state index is 0.0247. The number of nitrogens with one attached hydrogen (secondary N) is 1. The van der Waals surface area contributed by atoms with Gasteiger partial charge >= 0.3 is 5.97 Å². The standard InChI is InChI=1S/C16H29NO3/c1-12(2)16(3,11-14(18)19)17-15(20)13-9-7-5-4-6-8-10-13/h12-13H,4-11H2,1-3H3,(H,17,20)(H,18,19). The van der Waals surface area contributed by atoms with Crippen LogP contribution >= 0.6 is 0 Å². The van der Waals surface area contributed by atoms with Gasteiger partial charge in [-0.1, -0.05) is 46.0 Å². The number of carbonyl (C=O) groups is 2. The highest BCUT2D eigenvalue weighted by Crippen LogP contribution is 2.26. The van der Waals surface area contributed by atoms with Gasteiger partial charge < -0.3 is 10.4 Å². The van der Waals surface area contributed by atoms with E-state index in [1.54, 1.807) is 0 Å². The van der Waals surface area contributed by atoms with Crippen molar-refractivity contribution in [2.75, 3.05) is 0 Å². The first-order valence-electron chi connectivity index (χ1n) is 7.89. The molecule has 2 N–H and O–H groups in total. The van der Waals surface area contributed by atoms with E-state index in [0.717, 1.165) is 25.7 Å². The monoisotopic (exact) mass is 283 g/mol. The average Bonchev–Trinajstić information content (AvgIpc) is 2.26. The minimum atomic E-state index is -0.862. The van der Waals surface area contributed by atoms with Gasteiger partial charge in [-0.25, -0.2) is 0 Å². The molecule has 116 valence electrons. The minimum Gasteiger partial charge on any atom is -0.481 e. The van der Waals surface area contributed by atoms with Crippen molar-refractivity contribution in [3.05, 3.63) is 0 Å². The Hall–Kier alpha value is -1.06. The summed E-state index contributed by atoms with van der Waals surface area (Å²) in [5.74, 6) is -0.665. The van der Waals surface area contributed by atoms with E-state index < -0.39 is 11.5 Å². The first kappa shape index (κ1) is 17.0. The lowest BCUT2D eigenvalue weighted by Gasteiger charge is -2.35. The predicted molar refractivity (Wildman–Crippen MR) is 79.4 cm³/mol. The smallest absolute Gasteiger partial charge is 0.305 e. The third-order valence-electron chi connectivity index (χ3n) is 4.68. The highest BCUT2D eigenvalue weighted by Gasteiger charge is 2.34. The molecule has 1 saturated carbocycles. The van der Waals surface area contributed by atoms with Gasteiger partial charge in [0.25, 0.3) is 0 Å². The van der Waals surface area contributed by atoms with Gasteiger partial charge in [0.05, 0.1) is 6.42 Å². The third-order valence-corrected chi connectivity index (χ3v) is 4.68. The van der Waals surface area contributed by atoms with Crippen LogP contribution in [0.5, 0.6) is 0 Å². The molecule has 1 rings (SSSR count). The maximum Gasteiger partial charge on any atom is 0.305 e. The Balaban J connectivity index is 2.66. The van der Waals surface area contributed by atoms with E-state index >= 15 is 0 Å². The molecule has 0 aliphatic heterocycles. The maximum atomic E-state index is 12.5. The van der Waals surface area contributed by atoms with Gasteiger partial charge in [0.1, 0.15) is 0 Å². The van der Waals surface area contributed by atoms with Crippen molar-refractivity contribution < 1.29 is 14.7 Å². The number of hydrogen-bond acceptors (Lipinski definition) is 2. The number of amides is 1. The fraction of sp³-hybridized carbons (Fsp3) is 0.875. The van der Waals surface area contributed by atoms with E-state index in [-0.39, 0.29) is 24.2 Å². The molecule has 1 unspecified atom stereocenters. The van der Waals surface area contributed by atoms with Crippen LogP contribution in [0.2, 0.25) is 0 Å². The van der Waals surface area contributed by atoms with Crippen molar-refractivity contribution >= 4 is 11.9 Å². The summed E-state index contributed by atoms with van der Waals surface area (Å²) in [7, 11) is 0. The van der Waals surface area contributed by atoms with Crippen LogP contribution in [0.1, 0.15) is 72.1 Å². The molecule has 1 atom stereocenters. The topological polar surface area (TPSA) is 66.4 Å². The Morgan fingerprint density at radius 1 is 1.15 bits per heavy atom. The lowest BCUT2D eigenvalue weighted by atomic mass is 9.83. The second-order valence-corrected chi connectivity index (χ2v) is 6.67. The molecule has 20 heavy (non-hydrogen) atoms. The van der Waals surface area contributed by atoms with Crippen molar-refractivity contribution in [1.29, 1.82) is 0 Å². The molecule has 4 heteroatoms. The van der Waals surface area contributed by atoms with Crippen molar-refractivity contribution in [3.8, 4) is 0 Å². The highest BCUT2D eigenvalue weighted by molar-refractivity contribution is 5.80. The second kappa shape index (κ2) is 7.65. The van der Waals surface area contributed by atoms with Gasteiger partial charge in [0.15, 0.2) is 0 Å². The summed E-state index contributed by atoms with van der Waals surface area (Å²) in [6, 6.07) is 0. The van der Waals surface area contributed by atoms with Crippen LogP contribution in [0, 0.1) is 11.8 Å². The van der Waals surface area contributed by atoms with E-state index in [0.29, 0.717) is 0 Å². The fourth-order valence-electron chi connectivity index (χ4n) is 2.81. The van der Waals surface area contributed by atoms with Crippen LogP contribution in [0.4, 0.5) is 0 Å². The summed E-state index contributed by atoms with van der Waals surface area (Å²) in [5.41, 5.74) is -0.661. The van der Waals surface area contributed by atoms with Crippen molar-refractivity contribution in [2.24, 2.45) is 11.8 Å². The first-order chi connectivity index (χ1) is 9.35. The zero-order valence-corrected chi connectivity index (χ0v) is 13.1. The molecule has 1 aliphatic carbocycles. The molecule has 0 saturated heterocycles. The van der Waals surface area contributed by atoms with Gasteiger partial charge in [-0.2, -0.15) is 0 Å². The molecule has 0 spiro atoms. The zero-order valence-electron chi connectivity index (χ0n) is 13.1. The predicted octanol–water partition coefficient (Wildman–Crippen LogP) is 3.35. The van der Waals surface area contributed by atoms with E-state index in [1.807, 2.05) is 20.8 Å². The van der Waals surface area contributed by atoms with E-state index in [1.165, 1.54) is 19.3 Å². The van der Waals surface area contributed by atoms with Crippen LogP contribution in [0.3, 0.4) is 0 Å². The van der Waals surface area contributed by atoms with Crippen molar-refractivity contribution in [2.45, 2.75) is 77.7 Å². The van der Waals surface area contributed by atoms with Crippen molar-refractivity contribution in [3.63, 3.8) is 0 Å². The molecule has 1 fully saturated rings. The Kier molecular flexibility index (Phi) is 6.50. The van der Waals surface area contributed by atoms with Gasteiger partial charge in [-0.3, -0.25) is 9.59 Å². The summed E-state index contributed by atoms with van der Waals surface area (Å²) < 4.78 is 0. The Morgan fingerprint density at radius 3 is 2.10 bits per heavy atom. The summed E-state index contributed by atoms with van der Waals surface area (Å²) in [6.07, 6.45) is 7.76. The number of carboxylic acids is 1. The number of carboxylic acid groups (broad SMARTS) is 1. The number of aliphatic carboxylic acids is 1. The Morgan fingerprint density at radius 2 is 1.65 bits per heavy atom. The second-order valence-electron chi connectivity index (χ2n) is 6.67. The number of carbonyl (C=O) groups excluding carboxylic acids is 1. The van der Waals surface area contributed by atoms with Gasteiger partial charge in [0.2, 0.25) is 5.91 Å². The normalized spacial score (nSPS) is 20.8. The van der Waals surface area contributed by atoms with Gasteiger partial charge in [0, 0.05) is 11.5 Å². The molecule has 0 aromatic heterocycles. The van der Waals surface area contributed by atoms with E-state index in [9.17, 15) is 9.59 Å². The van der Waals surface area contributed by atoms with Gasteiger partial charge in [-0.15, -0.1) is 0 Å². The number of hydrogen-bond donors (Lipinski definition) is 2. The molecular weight excluding hydrogens is 254 g/mol. The third kappa shape index (κ3) is 5.14. The molecule has 0 aromatic rings. The quantitative estimate of drug-likeness (QED) is 0.813. The van der Waals surface area contributed by atoms with Gasteiger partial charge in [-0.05, 0) is 25.7 Å². The van der Waals surface area contributed by atoms with Crippen molar-refractivity contribution in [1.82, 2.24) is 5.32 Å². The highest BCUT2D eigenvalue weighted by atomic mass is 16.4.